The van der Waals surface area contributed by atoms with Gasteiger partial charge < -0.3 is 14.4 Å². The van der Waals surface area contributed by atoms with Gasteiger partial charge in [-0.1, -0.05) is 18.2 Å². The van der Waals surface area contributed by atoms with Gasteiger partial charge in [0.1, 0.15) is 23.0 Å². The summed E-state index contributed by atoms with van der Waals surface area (Å²) in [5.74, 6) is 0.439. The molecular weight excluding hydrogens is 465 g/mol. The number of hydrogen-bond acceptors (Lipinski definition) is 6. The molecule has 3 aromatic rings. The molecule has 2 aromatic carbocycles. The number of carbonyl (C=O) groups excluding carboxylic acids is 1. The maximum Gasteiger partial charge on any atom is 0.270 e. The zero-order valence-corrected chi connectivity index (χ0v) is 21.2. The first-order chi connectivity index (χ1) is 16.7. The van der Waals surface area contributed by atoms with Crippen LogP contribution in [0.1, 0.15) is 32.4 Å². The highest BCUT2D eigenvalue weighted by Crippen LogP contribution is 2.49. The fourth-order valence-electron chi connectivity index (χ4n) is 4.55. The lowest BCUT2D eigenvalue weighted by atomic mass is 9.85. The number of thiophene rings is 1. The number of fused-ring (bicyclic) bond motifs is 3. The van der Waals surface area contributed by atoms with Gasteiger partial charge in [-0.3, -0.25) is 9.80 Å². The van der Waals surface area contributed by atoms with Gasteiger partial charge in [0.25, 0.3) is 5.91 Å². The van der Waals surface area contributed by atoms with E-state index in [9.17, 15) is 9.18 Å². The van der Waals surface area contributed by atoms with E-state index in [1.165, 1.54) is 6.07 Å². The number of nitrogens with zero attached hydrogens (tertiary/aromatic N) is 3. The van der Waals surface area contributed by atoms with E-state index in [2.05, 4.69) is 0 Å². The summed E-state index contributed by atoms with van der Waals surface area (Å²) in [6, 6.07) is 12.1. The van der Waals surface area contributed by atoms with Gasteiger partial charge >= 0.3 is 0 Å². The number of carbonyl (C=O) groups is 1. The van der Waals surface area contributed by atoms with Gasteiger partial charge in [0.05, 0.1) is 31.4 Å². The largest absolute Gasteiger partial charge is 0.496 e. The predicted molar refractivity (Wildman–Crippen MR) is 137 cm³/mol. The van der Waals surface area contributed by atoms with E-state index in [0.717, 1.165) is 11.3 Å². The first-order valence-corrected chi connectivity index (χ1v) is 12.4. The molecule has 8 heteroatoms. The fraction of sp³-hybridized carbons (Fsp3) is 0.333. The molecule has 0 bridgehead atoms. The molecule has 2 unspecified atom stereocenters. The highest BCUT2D eigenvalue weighted by Gasteiger charge is 2.48. The summed E-state index contributed by atoms with van der Waals surface area (Å²) in [6.07, 6.45) is 0. The third kappa shape index (κ3) is 3.95. The highest BCUT2D eigenvalue weighted by molar-refractivity contribution is 7.08. The third-order valence-corrected chi connectivity index (χ3v) is 7.42. The van der Waals surface area contributed by atoms with Crippen LogP contribution >= 0.6 is 11.3 Å². The van der Waals surface area contributed by atoms with Gasteiger partial charge in [0.2, 0.25) is 0 Å². The summed E-state index contributed by atoms with van der Waals surface area (Å²) in [5.41, 5.74) is 2.93. The minimum atomic E-state index is -0.357. The second-order valence-corrected chi connectivity index (χ2v) is 10.6. The molecule has 0 N–H and O–H groups in total. The Morgan fingerprint density at radius 3 is 2.66 bits per heavy atom. The molecule has 1 amide bonds. The minimum absolute atomic E-state index is 0.125. The molecule has 2 atom stereocenters. The molecule has 0 radical (unpaired) electrons. The van der Waals surface area contributed by atoms with Crippen LogP contribution in [-0.4, -0.2) is 42.8 Å². The molecular formula is C27H28FN3O3S. The van der Waals surface area contributed by atoms with Crippen LogP contribution in [0.4, 0.5) is 10.1 Å². The van der Waals surface area contributed by atoms with Gasteiger partial charge in [-0.25, -0.2) is 4.39 Å². The summed E-state index contributed by atoms with van der Waals surface area (Å²) in [7, 11) is 3.36. The molecule has 0 spiro atoms. The molecule has 0 saturated heterocycles. The monoisotopic (exact) mass is 493 g/mol. The van der Waals surface area contributed by atoms with Gasteiger partial charge in [-0.15, -0.1) is 0 Å². The molecule has 2 aliphatic rings. The smallest absolute Gasteiger partial charge is 0.270 e. The van der Waals surface area contributed by atoms with Crippen LogP contribution in [0.15, 0.2) is 58.3 Å². The van der Waals surface area contributed by atoms with Gasteiger partial charge in [0, 0.05) is 40.7 Å². The van der Waals surface area contributed by atoms with Crippen molar-refractivity contribution < 1.29 is 18.7 Å². The number of halogens is 1. The van der Waals surface area contributed by atoms with Crippen LogP contribution in [-0.2, 0) is 4.79 Å². The Bertz CT molecular complexity index is 1300. The molecule has 182 valence electrons. The van der Waals surface area contributed by atoms with Gasteiger partial charge in [-0.2, -0.15) is 16.4 Å². The summed E-state index contributed by atoms with van der Waals surface area (Å²) < 4.78 is 26.6. The lowest BCUT2D eigenvalue weighted by Gasteiger charge is -2.35. The quantitative estimate of drug-likeness (QED) is 0.465. The van der Waals surface area contributed by atoms with Gasteiger partial charge in [-0.05, 0) is 44.4 Å². The van der Waals surface area contributed by atoms with E-state index in [1.54, 1.807) is 54.7 Å². The Morgan fingerprint density at radius 1 is 1.23 bits per heavy atom. The molecule has 0 fully saturated rings. The van der Waals surface area contributed by atoms with Crippen molar-refractivity contribution in [3.05, 3.63) is 64.6 Å². The second kappa shape index (κ2) is 8.68. The van der Waals surface area contributed by atoms with E-state index in [1.807, 2.05) is 48.7 Å². The Balaban J connectivity index is 1.65. The van der Waals surface area contributed by atoms with Crippen LogP contribution in [0.3, 0.4) is 0 Å². The lowest BCUT2D eigenvalue weighted by Crippen LogP contribution is -2.48. The van der Waals surface area contributed by atoms with Crippen LogP contribution in [0.2, 0.25) is 0 Å². The first kappa shape index (κ1) is 23.4. The second-order valence-electron chi connectivity index (χ2n) is 9.78. The average Bonchev–Trinajstić information content (AvgIpc) is 3.50. The Hall–Kier alpha value is -3.39. The van der Waals surface area contributed by atoms with Crippen molar-refractivity contribution in [2.45, 2.75) is 32.4 Å². The van der Waals surface area contributed by atoms with Crippen molar-refractivity contribution >= 4 is 28.6 Å². The molecule has 1 aromatic heterocycles. The number of hydrogen-bond donors (Lipinski definition) is 0. The van der Waals surface area contributed by atoms with Crippen molar-refractivity contribution in [2.75, 3.05) is 25.8 Å². The maximum atomic E-state index is 14.8. The van der Waals surface area contributed by atoms with E-state index in [0.29, 0.717) is 34.9 Å². The summed E-state index contributed by atoms with van der Waals surface area (Å²) in [5, 5.41) is 10.8. The molecule has 5 rings (SSSR count). The molecule has 0 saturated carbocycles. The number of amides is 1. The van der Waals surface area contributed by atoms with Gasteiger partial charge in [0.15, 0.2) is 0 Å². The standard InChI is InChI=1S/C27H28FN3O3S/c1-27(2,3)30(4)26(32)24-20-14-34-23-13-22(33-5)18(17-8-6-7-9-21(17)28)12-19(23)25(20)31(29-24)16-10-11-35-15-16/h6-13,15,20,25H,14H2,1-5H3. The molecule has 35 heavy (non-hydrogen) atoms. The van der Waals surface area contributed by atoms with Crippen molar-refractivity contribution in [1.82, 2.24) is 4.90 Å². The van der Waals surface area contributed by atoms with E-state index in [4.69, 9.17) is 14.6 Å². The first-order valence-electron chi connectivity index (χ1n) is 11.5. The van der Waals surface area contributed by atoms with Crippen molar-refractivity contribution in [3.8, 4) is 22.6 Å². The zero-order valence-electron chi connectivity index (χ0n) is 20.4. The topological polar surface area (TPSA) is 54.4 Å². The predicted octanol–water partition coefficient (Wildman–Crippen LogP) is 5.75. The Kier molecular flexibility index (Phi) is 5.79. The van der Waals surface area contributed by atoms with Crippen molar-refractivity contribution in [2.24, 2.45) is 11.0 Å². The zero-order chi connectivity index (χ0) is 24.9. The average molecular weight is 494 g/mol. The summed E-state index contributed by atoms with van der Waals surface area (Å²) >= 11 is 1.57. The summed E-state index contributed by atoms with van der Waals surface area (Å²) in [6.45, 7) is 6.29. The van der Waals surface area contributed by atoms with Crippen molar-refractivity contribution in [3.63, 3.8) is 0 Å². The van der Waals surface area contributed by atoms with E-state index < -0.39 is 0 Å². The number of hydrazone groups is 1. The number of anilines is 1. The SMILES string of the molecule is COc1cc2c(cc1-c1ccccc1F)C1C(CO2)C(C(=O)N(C)C(C)(C)C)=NN1c1ccsc1. The highest BCUT2D eigenvalue weighted by atomic mass is 32.1. The Morgan fingerprint density at radius 2 is 2.00 bits per heavy atom. The maximum absolute atomic E-state index is 14.8. The number of ether oxygens (including phenoxy) is 2. The lowest BCUT2D eigenvalue weighted by molar-refractivity contribution is -0.127. The van der Waals surface area contributed by atoms with E-state index >= 15 is 0 Å². The number of methoxy groups -OCH3 is 1. The fourth-order valence-corrected chi connectivity index (χ4v) is 5.17. The molecule has 6 nitrogen and oxygen atoms in total. The van der Waals surface area contributed by atoms with Crippen LogP contribution in [0.5, 0.6) is 11.5 Å². The van der Waals surface area contributed by atoms with Crippen LogP contribution in [0, 0.1) is 11.7 Å². The molecule has 0 aliphatic carbocycles. The third-order valence-electron chi connectivity index (χ3n) is 6.74. The van der Waals surface area contributed by atoms with Crippen LogP contribution < -0.4 is 14.5 Å². The number of benzene rings is 2. The summed E-state index contributed by atoms with van der Waals surface area (Å²) in [4.78, 5) is 15.3. The van der Waals surface area contributed by atoms with Crippen molar-refractivity contribution in [1.29, 1.82) is 0 Å². The normalized spacial score (nSPS) is 18.9. The number of rotatable bonds is 4. The molecule has 3 heterocycles. The minimum Gasteiger partial charge on any atom is -0.496 e. The van der Waals surface area contributed by atoms with Crippen LogP contribution in [0.25, 0.3) is 11.1 Å². The Labute approximate surface area is 208 Å². The van der Waals surface area contributed by atoms with E-state index in [-0.39, 0.29) is 29.2 Å². The molecule has 2 aliphatic heterocycles.